The topological polar surface area (TPSA) is 39.2 Å². The Kier molecular flexibility index (Phi) is 4.89. The molecule has 2 rings (SSSR count). The molecule has 0 aliphatic rings. The SMILES string of the molecule is Cc1ccc(C(C)(C)CCC/C=C\c2ccccc2N)o1. The van der Waals surface area contributed by atoms with E-state index in [1.165, 1.54) is 0 Å². The Morgan fingerprint density at radius 1 is 1.14 bits per heavy atom. The van der Waals surface area contributed by atoms with Gasteiger partial charge in [-0.25, -0.2) is 0 Å². The van der Waals surface area contributed by atoms with Crippen LogP contribution >= 0.6 is 0 Å². The summed E-state index contributed by atoms with van der Waals surface area (Å²) in [6, 6.07) is 12.1. The lowest BCUT2D eigenvalue weighted by molar-refractivity contribution is 0.349. The van der Waals surface area contributed by atoms with Gasteiger partial charge in [0.25, 0.3) is 0 Å². The molecule has 0 spiro atoms. The quantitative estimate of drug-likeness (QED) is 0.574. The first kappa shape index (κ1) is 15.4. The van der Waals surface area contributed by atoms with Crippen molar-refractivity contribution in [3.05, 3.63) is 59.6 Å². The molecule has 112 valence electrons. The predicted molar refractivity (Wildman–Crippen MR) is 90.2 cm³/mol. The highest BCUT2D eigenvalue weighted by molar-refractivity contribution is 5.63. The minimum atomic E-state index is 0.0911. The van der Waals surface area contributed by atoms with Crippen LogP contribution in [0.2, 0.25) is 0 Å². The van der Waals surface area contributed by atoms with Crippen LogP contribution in [-0.4, -0.2) is 0 Å². The fourth-order valence-corrected chi connectivity index (χ4v) is 2.46. The molecule has 0 fully saturated rings. The first-order chi connectivity index (χ1) is 9.99. The minimum Gasteiger partial charge on any atom is -0.466 e. The first-order valence-corrected chi connectivity index (χ1v) is 7.57. The lowest BCUT2D eigenvalue weighted by Gasteiger charge is -2.21. The molecule has 0 saturated carbocycles. The van der Waals surface area contributed by atoms with Crippen molar-refractivity contribution in [3.63, 3.8) is 0 Å². The number of unbranched alkanes of at least 4 members (excludes halogenated alkanes) is 1. The molecular formula is C19H25NO. The Hall–Kier alpha value is -1.96. The summed E-state index contributed by atoms with van der Waals surface area (Å²) in [6.45, 7) is 6.47. The standard InChI is InChI=1S/C19H25NO/c1-15-12-13-18(21-15)19(2,3)14-8-4-5-9-16-10-6-7-11-17(16)20/h5-7,9-13H,4,8,14,20H2,1-3H3/b9-5-. The highest BCUT2D eigenvalue weighted by Crippen LogP contribution is 2.30. The Labute approximate surface area is 127 Å². The maximum atomic E-state index is 5.92. The van der Waals surface area contributed by atoms with Crippen molar-refractivity contribution in [2.24, 2.45) is 0 Å². The van der Waals surface area contributed by atoms with Crippen molar-refractivity contribution in [2.75, 3.05) is 5.73 Å². The van der Waals surface area contributed by atoms with Gasteiger partial charge in [0.1, 0.15) is 11.5 Å². The van der Waals surface area contributed by atoms with Crippen LogP contribution in [0.25, 0.3) is 6.08 Å². The molecule has 21 heavy (non-hydrogen) atoms. The lowest BCUT2D eigenvalue weighted by Crippen LogP contribution is -2.15. The molecule has 1 heterocycles. The third-order valence-corrected chi connectivity index (χ3v) is 3.87. The zero-order valence-electron chi connectivity index (χ0n) is 13.2. The van der Waals surface area contributed by atoms with E-state index in [1.807, 2.05) is 37.3 Å². The van der Waals surface area contributed by atoms with E-state index in [0.29, 0.717) is 0 Å². The monoisotopic (exact) mass is 283 g/mol. The Morgan fingerprint density at radius 2 is 1.90 bits per heavy atom. The summed E-state index contributed by atoms with van der Waals surface area (Å²) in [4.78, 5) is 0. The van der Waals surface area contributed by atoms with Crippen LogP contribution in [0.15, 0.2) is 46.9 Å². The molecule has 0 bridgehead atoms. The molecule has 0 unspecified atom stereocenters. The average molecular weight is 283 g/mol. The highest BCUT2D eigenvalue weighted by atomic mass is 16.3. The summed E-state index contributed by atoms with van der Waals surface area (Å²) >= 11 is 0. The highest BCUT2D eigenvalue weighted by Gasteiger charge is 2.23. The van der Waals surface area contributed by atoms with Gasteiger partial charge in [0.2, 0.25) is 0 Å². The van der Waals surface area contributed by atoms with Gasteiger partial charge in [-0.15, -0.1) is 0 Å². The number of anilines is 1. The van der Waals surface area contributed by atoms with Gasteiger partial charge in [-0.05, 0) is 49.9 Å². The van der Waals surface area contributed by atoms with Gasteiger partial charge >= 0.3 is 0 Å². The number of aryl methyl sites for hydroxylation is 1. The number of benzene rings is 1. The minimum absolute atomic E-state index is 0.0911. The van der Waals surface area contributed by atoms with E-state index >= 15 is 0 Å². The van der Waals surface area contributed by atoms with Crippen molar-refractivity contribution in [1.82, 2.24) is 0 Å². The van der Waals surface area contributed by atoms with E-state index in [-0.39, 0.29) is 5.41 Å². The molecule has 1 aromatic carbocycles. The number of hydrogen-bond acceptors (Lipinski definition) is 2. The third-order valence-electron chi connectivity index (χ3n) is 3.87. The van der Waals surface area contributed by atoms with Crippen LogP contribution in [-0.2, 0) is 5.41 Å². The van der Waals surface area contributed by atoms with Gasteiger partial charge in [-0.3, -0.25) is 0 Å². The first-order valence-electron chi connectivity index (χ1n) is 7.57. The van der Waals surface area contributed by atoms with Crippen molar-refractivity contribution in [2.45, 2.75) is 45.4 Å². The second-order valence-electron chi connectivity index (χ2n) is 6.22. The van der Waals surface area contributed by atoms with Crippen molar-refractivity contribution in [3.8, 4) is 0 Å². The number of rotatable bonds is 6. The molecule has 2 heteroatoms. The normalized spacial score (nSPS) is 12.1. The van der Waals surface area contributed by atoms with Crippen LogP contribution in [0.1, 0.15) is 50.2 Å². The van der Waals surface area contributed by atoms with Gasteiger partial charge < -0.3 is 10.2 Å². The van der Waals surface area contributed by atoms with E-state index in [0.717, 1.165) is 42.0 Å². The molecule has 2 aromatic rings. The van der Waals surface area contributed by atoms with Crippen molar-refractivity contribution >= 4 is 11.8 Å². The number of allylic oxidation sites excluding steroid dienone is 1. The molecule has 0 amide bonds. The maximum absolute atomic E-state index is 5.92. The van der Waals surface area contributed by atoms with E-state index in [9.17, 15) is 0 Å². The summed E-state index contributed by atoms with van der Waals surface area (Å²) in [6.07, 6.45) is 7.61. The van der Waals surface area contributed by atoms with Crippen LogP contribution in [0, 0.1) is 6.92 Å². The van der Waals surface area contributed by atoms with Crippen LogP contribution in [0.5, 0.6) is 0 Å². The zero-order chi connectivity index (χ0) is 15.3. The zero-order valence-corrected chi connectivity index (χ0v) is 13.2. The molecule has 0 atom stereocenters. The third kappa shape index (κ3) is 4.25. The van der Waals surface area contributed by atoms with Gasteiger partial charge in [0.15, 0.2) is 0 Å². The summed E-state index contributed by atoms with van der Waals surface area (Å²) < 4.78 is 5.76. The summed E-state index contributed by atoms with van der Waals surface area (Å²) in [5.74, 6) is 2.06. The number of nitrogens with two attached hydrogens (primary N) is 1. The number of hydrogen-bond donors (Lipinski definition) is 1. The van der Waals surface area contributed by atoms with Crippen LogP contribution in [0.4, 0.5) is 5.69 Å². The Balaban J connectivity index is 1.83. The second-order valence-corrected chi connectivity index (χ2v) is 6.22. The smallest absolute Gasteiger partial charge is 0.109 e. The van der Waals surface area contributed by atoms with Gasteiger partial charge in [-0.2, -0.15) is 0 Å². The van der Waals surface area contributed by atoms with E-state index in [4.69, 9.17) is 10.2 Å². The number of nitrogen functional groups attached to an aromatic ring is 1. The summed E-state index contributed by atoms with van der Waals surface area (Å²) in [7, 11) is 0. The van der Waals surface area contributed by atoms with Crippen LogP contribution in [0.3, 0.4) is 0 Å². The Bertz CT molecular complexity index is 608. The molecule has 2 N–H and O–H groups in total. The van der Waals surface area contributed by atoms with E-state index < -0.39 is 0 Å². The van der Waals surface area contributed by atoms with Gasteiger partial charge in [-0.1, -0.05) is 44.2 Å². The van der Waals surface area contributed by atoms with Crippen LogP contribution < -0.4 is 5.73 Å². The molecule has 0 aliphatic carbocycles. The number of para-hydroxylation sites is 1. The fourth-order valence-electron chi connectivity index (χ4n) is 2.46. The molecular weight excluding hydrogens is 258 g/mol. The lowest BCUT2D eigenvalue weighted by atomic mass is 9.84. The van der Waals surface area contributed by atoms with Crippen molar-refractivity contribution < 1.29 is 4.42 Å². The second kappa shape index (κ2) is 6.66. The van der Waals surface area contributed by atoms with E-state index in [2.05, 4.69) is 32.1 Å². The average Bonchev–Trinajstić information content (AvgIpc) is 2.88. The molecule has 0 aliphatic heterocycles. The Morgan fingerprint density at radius 3 is 2.57 bits per heavy atom. The fraction of sp³-hybridized carbons (Fsp3) is 0.368. The summed E-state index contributed by atoms with van der Waals surface area (Å²) in [5.41, 5.74) is 7.94. The molecule has 1 aromatic heterocycles. The number of furan rings is 1. The van der Waals surface area contributed by atoms with Gasteiger partial charge in [0, 0.05) is 11.1 Å². The van der Waals surface area contributed by atoms with Gasteiger partial charge in [0.05, 0.1) is 0 Å². The predicted octanol–water partition coefficient (Wildman–Crippen LogP) is 5.33. The molecule has 0 saturated heterocycles. The molecule has 0 radical (unpaired) electrons. The summed E-state index contributed by atoms with van der Waals surface area (Å²) in [5, 5.41) is 0. The maximum Gasteiger partial charge on any atom is 0.109 e. The largest absolute Gasteiger partial charge is 0.466 e. The molecule has 2 nitrogen and oxygen atoms in total. The van der Waals surface area contributed by atoms with E-state index in [1.54, 1.807) is 0 Å². The van der Waals surface area contributed by atoms with Crippen molar-refractivity contribution in [1.29, 1.82) is 0 Å².